The molecule has 0 saturated heterocycles. The lowest BCUT2D eigenvalue weighted by Gasteiger charge is -2.35. The van der Waals surface area contributed by atoms with Crippen molar-refractivity contribution in [1.82, 2.24) is 25.0 Å². The minimum atomic E-state index is -4.68. The topological polar surface area (TPSA) is 98.1 Å². The second-order valence-corrected chi connectivity index (χ2v) is 7.27. The SMILES string of the molecule is O=C(Nc1cnc(-n2nccn2)c(Cl)c1)N1CC(C(F)(F)F)Oc2c(Br)cncc21. The summed E-state index contributed by atoms with van der Waals surface area (Å²) in [5, 5.41) is 10.4. The molecule has 3 aromatic heterocycles. The third-order valence-electron chi connectivity index (χ3n) is 4.03. The summed E-state index contributed by atoms with van der Waals surface area (Å²) in [6.07, 6.45) is -0.209. The lowest BCUT2D eigenvalue weighted by Crippen LogP contribution is -2.51. The fourth-order valence-electron chi connectivity index (χ4n) is 2.69. The predicted octanol–water partition coefficient (Wildman–Crippen LogP) is 3.84. The molecule has 0 radical (unpaired) electrons. The van der Waals surface area contributed by atoms with Crippen LogP contribution in [0.5, 0.6) is 5.75 Å². The molecule has 0 fully saturated rings. The highest BCUT2D eigenvalue weighted by Gasteiger charge is 2.47. The molecule has 0 aromatic carbocycles. The third-order valence-corrected chi connectivity index (χ3v) is 4.87. The van der Waals surface area contributed by atoms with Crippen LogP contribution in [0, 0.1) is 0 Å². The second kappa shape index (κ2) is 7.72. The van der Waals surface area contributed by atoms with Gasteiger partial charge in [0.05, 0.1) is 46.5 Å². The molecular weight excluding hydrogens is 495 g/mol. The summed E-state index contributed by atoms with van der Waals surface area (Å²) in [6.45, 7) is -0.753. The standard InChI is InChI=1S/C16H10BrClF3N7O2/c17-9-5-22-6-11-13(9)30-12(16(19,20)21)7-27(11)15(29)26-8-3-10(18)14(23-4-8)28-24-1-2-25-28/h1-6,12H,7H2,(H,26,29). The summed E-state index contributed by atoms with van der Waals surface area (Å²) in [5.74, 6) is 0.0895. The van der Waals surface area contributed by atoms with Crippen LogP contribution in [0.1, 0.15) is 0 Å². The van der Waals surface area contributed by atoms with E-state index in [0.29, 0.717) is 0 Å². The average Bonchev–Trinajstić information content (AvgIpc) is 3.21. The maximum Gasteiger partial charge on any atom is 0.427 e. The number of ether oxygens (including phenoxy) is 1. The van der Waals surface area contributed by atoms with Crippen molar-refractivity contribution in [3.05, 3.63) is 46.5 Å². The Bertz CT molecular complexity index is 1100. The van der Waals surface area contributed by atoms with Crippen molar-refractivity contribution in [2.24, 2.45) is 0 Å². The van der Waals surface area contributed by atoms with Crippen LogP contribution in [-0.4, -0.2) is 49.8 Å². The van der Waals surface area contributed by atoms with Gasteiger partial charge in [0.15, 0.2) is 11.6 Å². The van der Waals surface area contributed by atoms with Gasteiger partial charge in [0.1, 0.15) is 5.69 Å². The van der Waals surface area contributed by atoms with Gasteiger partial charge >= 0.3 is 12.2 Å². The van der Waals surface area contributed by atoms with E-state index in [-0.39, 0.29) is 32.4 Å². The second-order valence-electron chi connectivity index (χ2n) is 6.01. The Morgan fingerprint density at radius 1 is 1.27 bits per heavy atom. The first kappa shape index (κ1) is 20.3. The summed E-state index contributed by atoms with van der Waals surface area (Å²) in [7, 11) is 0. The van der Waals surface area contributed by atoms with Crippen LogP contribution in [0.3, 0.4) is 0 Å². The zero-order valence-corrected chi connectivity index (χ0v) is 17.0. The molecule has 1 N–H and O–H groups in total. The van der Waals surface area contributed by atoms with Crippen LogP contribution in [0.15, 0.2) is 41.5 Å². The van der Waals surface area contributed by atoms with Crippen molar-refractivity contribution in [2.75, 3.05) is 16.8 Å². The van der Waals surface area contributed by atoms with E-state index in [1.165, 1.54) is 41.8 Å². The largest absolute Gasteiger partial charge is 0.476 e. The first-order valence-electron chi connectivity index (χ1n) is 8.21. The number of fused-ring (bicyclic) bond motifs is 1. The summed E-state index contributed by atoms with van der Waals surface area (Å²) >= 11 is 9.26. The van der Waals surface area contributed by atoms with Crippen LogP contribution in [0.4, 0.5) is 29.3 Å². The van der Waals surface area contributed by atoms with Crippen LogP contribution in [0.25, 0.3) is 5.82 Å². The van der Waals surface area contributed by atoms with E-state index in [1.54, 1.807) is 0 Å². The van der Waals surface area contributed by atoms with Crippen molar-refractivity contribution in [3.8, 4) is 11.6 Å². The van der Waals surface area contributed by atoms with Gasteiger partial charge in [0.2, 0.25) is 6.10 Å². The Morgan fingerprint density at radius 3 is 2.67 bits per heavy atom. The first-order chi connectivity index (χ1) is 14.2. The van der Waals surface area contributed by atoms with Crippen LogP contribution >= 0.6 is 27.5 Å². The highest BCUT2D eigenvalue weighted by atomic mass is 79.9. The Morgan fingerprint density at radius 2 is 2.00 bits per heavy atom. The molecule has 1 atom stereocenters. The summed E-state index contributed by atoms with van der Waals surface area (Å²) in [5.41, 5.74) is 0.249. The molecule has 2 amide bonds. The third kappa shape index (κ3) is 3.89. The fraction of sp³-hybridized carbons (Fsp3) is 0.188. The van der Waals surface area contributed by atoms with Gasteiger partial charge in [0.25, 0.3) is 0 Å². The minimum absolute atomic E-state index is 0.0822. The zero-order valence-electron chi connectivity index (χ0n) is 14.6. The van der Waals surface area contributed by atoms with Gasteiger partial charge in [-0.3, -0.25) is 9.88 Å². The lowest BCUT2D eigenvalue weighted by atomic mass is 10.2. The number of carbonyl (C=O) groups excluding carboxylic acids is 1. The fourth-order valence-corrected chi connectivity index (χ4v) is 3.35. The molecule has 4 rings (SSSR count). The predicted molar refractivity (Wildman–Crippen MR) is 103 cm³/mol. The van der Waals surface area contributed by atoms with Crippen molar-refractivity contribution >= 4 is 44.9 Å². The molecule has 0 bridgehead atoms. The molecule has 9 nitrogen and oxygen atoms in total. The maximum atomic E-state index is 13.3. The van der Waals surface area contributed by atoms with Gasteiger partial charge < -0.3 is 10.1 Å². The molecular formula is C16H10BrClF3N7O2. The Balaban J connectivity index is 1.61. The Labute approximate surface area is 179 Å². The van der Waals surface area contributed by atoms with Crippen LogP contribution in [0.2, 0.25) is 5.02 Å². The molecule has 1 unspecified atom stereocenters. The van der Waals surface area contributed by atoms with Crippen molar-refractivity contribution in [1.29, 1.82) is 0 Å². The summed E-state index contributed by atoms with van der Waals surface area (Å²) in [6, 6.07) is 0.545. The monoisotopic (exact) mass is 503 g/mol. The lowest BCUT2D eigenvalue weighted by molar-refractivity contribution is -0.193. The van der Waals surface area contributed by atoms with E-state index in [0.717, 1.165) is 4.90 Å². The van der Waals surface area contributed by atoms with Crippen LogP contribution in [-0.2, 0) is 0 Å². The number of urea groups is 1. The molecule has 1 aliphatic heterocycles. The van der Waals surface area contributed by atoms with Gasteiger partial charge in [-0.25, -0.2) is 9.78 Å². The smallest absolute Gasteiger partial charge is 0.427 e. The summed E-state index contributed by atoms with van der Waals surface area (Å²) < 4.78 is 45.2. The number of alkyl halides is 3. The van der Waals surface area contributed by atoms with E-state index in [4.69, 9.17) is 16.3 Å². The van der Waals surface area contributed by atoms with Gasteiger partial charge in [-0.15, -0.1) is 4.80 Å². The maximum absolute atomic E-state index is 13.3. The number of anilines is 2. The average molecular weight is 505 g/mol. The Hall–Kier alpha value is -2.93. The van der Waals surface area contributed by atoms with Gasteiger partial charge in [-0.1, -0.05) is 11.6 Å². The number of rotatable bonds is 2. The first-order valence-corrected chi connectivity index (χ1v) is 9.39. The zero-order chi connectivity index (χ0) is 21.5. The quantitative estimate of drug-likeness (QED) is 0.570. The molecule has 0 saturated carbocycles. The molecule has 1 aliphatic rings. The normalized spacial score (nSPS) is 16.0. The molecule has 4 heterocycles. The molecule has 14 heteroatoms. The molecule has 3 aromatic rings. The number of aromatic nitrogens is 5. The van der Waals surface area contributed by atoms with Crippen molar-refractivity contribution in [2.45, 2.75) is 12.3 Å². The number of hydrogen-bond acceptors (Lipinski definition) is 6. The van der Waals surface area contributed by atoms with Gasteiger partial charge in [0, 0.05) is 6.20 Å². The number of pyridine rings is 2. The van der Waals surface area contributed by atoms with E-state index in [2.05, 4.69) is 41.4 Å². The summed E-state index contributed by atoms with van der Waals surface area (Å²) in [4.78, 5) is 22.8. The molecule has 30 heavy (non-hydrogen) atoms. The molecule has 156 valence electrons. The van der Waals surface area contributed by atoms with E-state index >= 15 is 0 Å². The van der Waals surface area contributed by atoms with E-state index in [9.17, 15) is 18.0 Å². The Kier molecular flexibility index (Phi) is 5.24. The van der Waals surface area contributed by atoms with E-state index in [1.807, 2.05) is 0 Å². The highest BCUT2D eigenvalue weighted by molar-refractivity contribution is 9.10. The minimum Gasteiger partial charge on any atom is -0.476 e. The number of hydrogen-bond donors (Lipinski definition) is 1. The van der Waals surface area contributed by atoms with E-state index < -0.39 is 24.9 Å². The number of carbonyl (C=O) groups is 1. The van der Waals surface area contributed by atoms with Gasteiger partial charge in [-0.2, -0.15) is 23.4 Å². The van der Waals surface area contributed by atoms with Crippen LogP contribution < -0.4 is 15.0 Å². The highest BCUT2D eigenvalue weighted by Crippen LogP contribution is 2.42. The number of nitrogens with one attached hydrogen (secondary N) is 1. The molecule has 0 aliphatic carbocycles. The number of nitrogens with zero attached hydrogens (tertiary/aromatic N) is 6. The van der Waals surface area contributed by atoms with Crippen molar-refractivity contribution in [3.63, 3.8) is 0 Å². The number of halogens is 5. The van der Waals surface area contributed by atoms with Gasteiger partial charge in [-0.05, 0) is 22.0 Å². The van der Waals surface area contributed by atoms with Crippen molar-refractivity contribution < 1.29 is 22.7 Å². The number of amides is 2. The molecule has 0 spiro atoms.